The van der Waals surface area contributed by atoms with Gasteiger partial charge in [-0.25, -0.2) is 0 Å². The Balaban J connectivity index is 2.29. The number of esters is 1. The first-order valence-corrected chi connectivity index (χ1v) is 7.42. The fourth-order valence-corrected chi connectivity index (χ4v) is 3.02. The molecule has 1 aliphatic heterocycles. The van der Waals surface area contributed by atoms with Crippen molar-refractivity contribution in [2.75, 3.05) is 32.1 Å². The molecule has 1 heterocycles. The lowest BCUT2D eigenvalue weighted by Gasteiger charge is -2.23. The summed E-state index contributed by atoms with van der Waals surface area (Å²) in [4.78, 5) is 11.7. The van der Waals surface area contributed by atoms with Crippen LogP contribution in [0.1, 0.15) is 26.7 Å². The van der Waals surface area contributed by atoms with Gasteiger partial charge in [-0.3, -0.25) is 4.79 Å². The zero-order valence-electron chi connectivity index (χ0n) is 10.7. The van der Waals surface area contributed by atoms with E-state index in [0.29, 0.717) is 11.9 Å². The summed E-state index contributed by atoms with van der Waals surface area (Å²) in [6.07, 6.45) is 2.18. The molecule has 17 heavy (non-hydrogen) atoms. The normalized spacial score (nSPS) is 18.9. The van der Waals surface area contributed by atoms with E-state index in [1.807, 2.05) is 25.6 Å². The third-order valence-corrected chi connectivity index (χ3v) is 4.16. The highest BCUT2D eigenvalue weighted by atomic mass is 32.2. The Labute approximate surface area is 108 Å². The molecule has 0 saturated carbocycles. The van der Waals surface area contributed by atoms with Crippen molar-refractivity contribution in [3.8, 4) is 0 Å². The molecule has 0 aliphatic carbocycles. The van der Waals surface area contributed by atoms with Gasteiger partial charge in [0.1, 0.15) is 6.04 Å². The average Bonchev–Trinajstić information content (AvgIpc) is 2.36. The van der Waals surface area contributed by atoms with Gasteiger partial charge in [-0.15, -0.1) is 0 Å². The predicted octanol–water partition coefficient (Wildman–Crippen LogP) is 1.44. The quantitative estimate of drug-likeness (QED) is 0.703. The van der Waals surface area contributed by atoms with Gasteiger partial charge in [-0.1, -0.05) is 6.92 Å². The molecule has 1 aliphatic rings. The Bertz CT molecular complexity index is 220. The summed E-state index contributed by atoms with van der Waals surface area (Å²) >= 11 is 1.86. The maximum atomic E-state index is 11.7. The van der Waals surface area contributed by atoms with Crippen molar-refractivity contribution in [3.05, 3.63) is 0 Å². The summed E-state index contributed by atoms with van der Waals surface area (Å²) in [5, 5.41) is 3.80. The Morgan fingerprint density at radius 3 is 2.76 bits per heavy atom. The van der Waals surface area contributed by atoms with E-state index in [9.17, 15) is 4.79 Å². The monoisotopic (exact) mass is 261 g/mol. The molecule has 0 aromatic carbocycles. The number of rotatable bonds is 7. The van der Waals surface area contributed by atoms with E-state index < -0.39 is 0 Å². The predicted molar refractivity (Wildman–Crippen MR) is 70.4 cm³/mol. The van der Waals surface area contributed by atoms with Gasteiger partial charge < -0.3 is 14.8 Å². The summed E-state index contributed by atoms with van der Waals surface area (Å²) in [6.45, 7) is 6.78. The van der Waals surface area contributed by atoms with Crippen LogP contribution in [0.2, 0.25) is 0 Å². The van der Waals surface area contributed by atoms with Gasteiger partial charge in [0.05, 0.1) is 6.61 Å². The number of carbonyl (C=O) groups is 1. The lowest BCUT2D eigenvalue weighted by molar-refractivity contribution is -0.144. The number of hydrogen-bond acceptors (Lipinski definition) is 5. The van der Waals surface area contributed by atoms with Crippen LogP contribution in [0.3, 0.4) is 0 Å². The van der Waals surface area contributed by atoms with E-state index in [-0.39, 0.29) is 12.0 Å². The van der Waals surface area contributed by atoms with Crippen LogP contribution in [-0.2, 0) is 14.3 Å². The molecule has 0 bridgehead atoms. The number of nitrogens with one attached hydrogen (secondary N) is 1. The lowest BCUT2D eigenvalue weighted by Crippen LogP contribution is -2.40. The van der Waals surface area contributed by atoms with E-state index in [1.165, 1.54) is 0 Å². The second-order valence-electron chi connectivity index (χ2n) is 4.01. The van der Waals surface area contributed by atoms with Crippen LogP contribution in [0.25, 0.3) is 0 Å². The fourth-order valence-electron chi connectivity index (χ4n) is 1.77. The summed E-state index contributed by atoms with van der Waals surface area (Å²) in [6, 6.07) is -0.173. The fraction of sp³-hybridized carbons (Fsp3) is 0.917. The lowest BCUT2D eigenvalue weighted by atomic mass is 10.2. The zero-order chi connectivity index (χ0) is 12.5. The maximum Gasteiger partial charge on any atom is 0.323 e. The number of hydrogen-bond donors (Lipinski definition) is 1. The van der Waals surface area contributed by atoms with Gasteiger partial charge in [0.25, 0.3) is 0 Å². The minimum atomic E-state index is -0.173. The van der Waals surface area contributed by atoms with Gasteiger partial charge in [-0.2, -0.15) is 11.8 Å². The first-order valence-electron chi connectivity index (χ1n) is 6.37. The zero-order valence-corrected chi connectivity index (χ0v) is 11.6. The minimum absolute atomic E-state index is 0.131. The molecule has 0 spiro atoms. The van der Waals surface area contributed by atoms with Crippen molar-refractivity contribution in [1.29, 1.82) is 0 Å². The van der Waals surface area contributed by atoms with E-state index in [0.717, 1.165) is 38.4 Å². The molecule has 0 amide bonds. The maximum absolute atomic E-state index is 11.7. The van der Waals surface area contributed by atoms with Crippen molar-refractivity contribution >= 4 is 17.7 Å². The number of ether oxygens (including phenoxy) is 2. The molecule has 5 heteroatoms. The van der Waals surface area contributed by atoms with Gasteiger partial charge in [0, 0.05) is 24.2 Å². The molecule has 1 unspecified atom stereocenters. The van der Waals surface area contributed by atoms with E-state index in [4.69, 9.17) is 9.47 Å². The molecule has 0 radical (unpaired) electrons. The van der Waals surface area contributed by atoms with Gasteiger partial charge in [0.2, 0.25) is 0 Å². The molecule has 4 nitrogen and oxygen atoms in total. The molecule has 0 aromatic rings. The van der Waals surface area contributed by atoms with Crippen LogP contribution < -0.4 is 5.32 Å². The second-order valence-corrected chi connectivity index (χ2v) is 5.34. The van der Waals surface area contributed by atoms with Crippen LogP contribution in [0.4, 0.5) is 0 Å². The minimum Gasteiger partial charge on any atom is -0.465 e. The highest BCUT2D eigenvalue weighted by Gasteiger charge is 2.22. The molecule has 1 atom stereocenters. The summed E-state index contributed by atoms with van der Waals surface area (Å²) in [5.41, 5.74) is 0. The molecule has 0 aromatic heterocycles. The Kier molecular flexibility index (Phi) is 7.64. The SMILES string of the molecule is CCNC(CSC1CCOCC1)C(=O)OCC. The van der Waals surface area contributed by atoms with Crippen LogP contribution in [0.5, 0.6) is 0 Å². The largest absolute Gasteiger partial charge is 0.465 e. The number of likely N-dealkylation sites (N-methyl/N-ethyl adjacent to an activating group) is 1. The van der Waals surface area contributed by atoms with E-state index in [2.05, 4.69) is 5.32 Å². The van der Waals surface area contributed by atoms with Gasteiger partial charge in [0.15, 0.2) is 0 Å². The number of thioether (sulfide) groups is 1. The van der Waals surface area contributed by atoms with E-state index >= 15 is 0 Å². The standard InChI is InChI=1S/C12H23NO3S/c1-3-13-11(12(14)16-4-2)9-17-10-5-7-15-8-6-10/h10-11,13H,3-9H2,1-2H3. The molecule has 1 N–H and O–H groups in total. The Morgan fingerprint density at radius 2 is 2.18 bits per heavy atom. The highest BCUT2D eigenvalue weighted by molar-refractivity contribution is 7.99. The van der Waals surface area contributed by atoms with Crippen molar-refractivity contribution in [3.63, 3.8) is 0 Å². The Morgan fingerprint density at radius 1 is 1.47 bits per heavy atom. The highest BCUT2D eigenvalue weighted by Crippen LogP contribution is 2.22. The molecule has 1 rings (SSSR count). The van der Waals surface area contributed by atoms with Gasteiger partial charge >= 0.3 is 5.97 Å². The second kappa shape index (κ2) is 8.78. The van der Waals surface area contributed by atoms with Crippen molar-refractivity contribution < 1.29 is 14.3 Å². The summed E-state index contributed by atoms with van der Waals surface area (Å²) in [7, 11) is 0. The van der Waals surface area contributed by atoms with Crippen LogP contribution in [-0.4, -0.2) is 49.4 Å². The molecule has 1 saturated heterocycles. The van der Waals surface area contributed by atoms with Crippen molar-refractivity contribution in [2.24, 2.45) is 0 Å². The van der Waals surface area contributed by atoms with Crippen LogP contribution in [0, 0.1) is 0 Å². The first-order chi connectivity index (χ1) is 8.27. The van der Waals surface area contributed by atoms with Crippen LogP contribution in [0.15, 0.2) is 0 Å². The molecular formula is C12H23NO3S. The number of carbonyl (C=O) groups excluding carboxylic acids is 1. The Hall–Kier alpha value is -0.260. The average molecular weight is 261 g/mol. The summed E-state index contributed by atoms with van der Waals surface area (Å²) < 4.78 is 10.4. The third kappa shape index (κ3) is 5.75. The molecule has 100 valence electrons. The molecular weight excluding hydrogens is 238 g/mol. The topological polar surface area (TPSA) is 47.6 Å². The van der Waals surface area contributed by atoms with Gasteiger partial charge in [-0.05, 0) is 26.3 Å². The summed E-state index contributed by atoms with van der Waals surface area (Å²) in [5.74, 6) is 0.658. The molecule has 1 fully saturated rings. The first kappa shape index (κ1) is 14.8. The van der Waals surface area contributed by atoms with Crippen molar-refractivity contribution in [2.45, 2.75) is 38.0 Å². The van der Waals surface area contributed by atoms with Crippen molar-refractivity contribution in [1.82, 2.24) is 5.32 Å². The van der Waals surface area contributed by atoms with E-state index in [1.54, 1.807) is 0 Å². The third-order valence-electron chi connectivity index (χ3n) is 2.69. The smallest absolute Gasteiger partial charge is 0.323 e. The van der Waals surface area contributed by atoms with Crippen LogP contribution >= 0.6 is 11.8 Å².